The number of aromatic nitrogens is 2. The molecule has 1 N–H and O–H groups in total. The molecule has 0 bridgehead atoms. The Balaban J connectivity index is 2.23. The molecule has 11 heteroatoms. The highest BCUT2D eigenvalue weighted by Gasteiger charge is 2.30. The fourth-order valence-corrected chi connectivity index (χ4v) is 2.70. The Morgan fingerprint density at radius 2 is 1.96 bits per heavy atom. The molecule has 5 nitrogen and oxygen atoms in total. The van der Waals surface area contributed by atoms with Crippen molar-refractivity contribution in [3.63, 3.8) is 0 Å². The third kappa shape index (κ3) is 4.41. The molecule has 126 valence electrons. The van der Waals surface area contributed by atoms with E-state index in [0.717, 1.165) is 35.3 Å². The van der Waals surface area contributed by atoms with E-state index in [1.165, 1.54) is 0 Å². The predicted octanol–water partition coefficient (Wildman–Crippen LogP) is 2.97. The predicted molar refractivity (Wildman–Crippen MR) is 70.5 cm³/mol. The van der Waals surface area contributed by atoms with E-state index in [1.807, 2.05) is 4.72 Å². The summed E-state index contributed by atoms with van der Waals surface area (Å²) in [5.41, 5.74) is -1.33. The Hall–Kier alpha value is -2.17. The van der Waals surface area contributed by atoms with E-state index in [1.54, 1.807) is 0 Å². The van der Waals surface area contributed by atoms with Gasteiger partial charge in [-0.15, -0.1) is 0 Å². The third-order valence-electron chi connectivity index (χ3n) is 2.69. The van der Waals surface area contributed by atoms with Gasteiger partial charge >= 0.3 is 6.18 Å². The highest BCUT2D eigenvalue weighted by atomic mass is 32.2. The van der Waals surface area contributed by atoms with Gasteiger partial charge in [0.05, 0.1) is 11.8 Å². The largest absolute Gasteiger partial charge is 0.416 e. The van der Waals surface area contributed by atoms with Gasteiger partial charge in [-0.2, -0.15) is 18.3 Å². The number of alkyl halides is 5. The van der Waals surface area contributed by atoms with Crippen molar-refractivity contribution < 1.29 is 30.4 Å². The van der Waals surface area contributed by atoms with Gasteiger partial charge in [0.2, 0.25) is 0 Å². The maximum absolute atomic E-state index is 12.6. The van der Waals surface area contributed by atoms with Crippen molar-refractivity contribution in [1.82, 2.24) is 9.78 Å². The van der Waals surface area contributed by atoms with Crippen LogP contribution in [0.5, 0.6) is 0 Å². The SMILES string of the molecule is O=S(=O)(Nc1cccc(C(F)(F)F)c1)c1cnn(CC(F)F)c1. The molecule has 0 saturated heterocycles. The first kappa shape index (κ1) is 17.2. The van der Waals surface area contributed by atoms with Crippen LogP contribution in [0.4, 0.5) is 27.6 Å². The molecule has 0 unspecified atom stereocenters. The second kappa shape index (κ2) is 6.14. The van der Waals surface area contributed by atoms with Gasteiger partial charge < -0.3 is 0 Å². The smallest absolute Gasteiger partial charge is 0.280 e. The lowest BCUT2D eigenvalue weighted by atomic mass is 10.2. The minimum Gasteiger partial charge on any atom is -0.280 e. The summed E-state index contributed by atoms with van der Waals surface area (Å²) in [5, 5.41) is 3.46. The van der Waals surface area contributed by atoms with Crippen molar-refractivity contribution >= 4 is 15.7 Å². The lowest BCUT2D eigenvalue weighted by Crippen LogP contribution is -2.14. The number of anilines is 1. The summed E-state index contributed by atoms with van der Waals surface area (Å²) in [6.07, 6.45) is -5.65. The number of rotatable bonds is 5. The molecule has 1 aromatic heterocycles. The average Bonchev–Trinajstić information content (AvgIpc) is 2.86. The number of nitrogens with one attached hydrogen (secondary N) is 1. The molecule has 2 rings (SSSR count). The van der Waals surface area contributed by atoms with Crippen LogP contribution in [-0.4, -0.2) is 24.6 Å². The maximum atomic E-state index is 12.6. The van der Waals surface area contributed by atoms with E-state index in [2.05, 4.69) is 5.10 Å². The van der Waals surface area contributed by atoms with E-state index >= 15 is 0 Å². The van der Waals surface area contributed by atoms with Gasteiger partial charge in [0.1, 0.15) is 11.4 Å². The molecule has 0 spiro atoms. The summed E-state index contributed by atoms with van der Waals surface area (Å²) in [6, 6.07) is 3.59. The topological polar surface area (TPSA) is 64.0 Å². The summed E-state index contributed by atoms with van der Waals surface area (Å²) in [6.45, 7) is -0.793. The van der Waals surface area contributed by atoms with Crippen LogP contribution in [0, 0.1) is 0 Å². The Bertz CT molecular complexity index is 786. The van der Waals surface area contributed by atoms with Crippen LogP contribution in [0.25, 0.3) is 0 Å². The van der Waals surface area contributed by atoms with Crippen LogP contribution >= 0.6 is 0 Å². The van der Waals surface area contributed by atoms with Gasteiger partial charge in [0.25, 0.3) is 16.4 Å². The third-order valence-corrected chi connectivity index (χ3v) is 4.02. The molecular weight excluding hydrogens is 345 g/mol. The van der Waals surface area contributed by atoms with E-state index < -0.39 is 39.6 Å². The van der Waals surface area contributed by atoms with Crippen molar-refractivity contribution in [3.05, 3.63) is 42.2 Å². The number of nitrogens with zero attached hydrogens (tertiary/aromatic N) is 2. The van der Waals surface area contributed by atoms with Crippen LogP contribution < -0.4 is 4.72 Å². The average molecular weight is 355 g/mol. The standard InChI is InChI=1S/C12H10F5N3O2S/c13-11(14)7-20-6-10(5-18-20)23(21,22)19-9-3-1-2-8(4-9)12(15,16)17/h1-6,11,19H,7H2. The Morgan fingerprint density at radius 3 is 2.57 bits per heavy atom. The Kier molecular flexibility index (Phi) is 4.59. The van der Waals surface area contributed by atoms with Gasteiger partial charge in [-0.25, -0.2) is 17.2 Å². The van der Waals surface area contributed by atoms with Crippen molar-refractivity contribution in [2.45, 2.75) is 24.0 Å². The minimum atomic E-state index is -4.62. The highest BCUT2D eigenvalue weighted by molar-refractivity contribution is 7.92. The Morgan fingerprint density at radius 1 is 1.26 bits per heavy atom. The molecular formula is C12H10F5N3O2S. The number of hydrogen-bond acceptors (Lipinski definition) is 3. The molecule has 0 radical (unpaired) electrons. The molecule has 0 atom stereocenters. The molecule has 0 fully saturated rings. The zero-order chi connectivity index (χ0) is 17.3. The summed E-state index contributed by atoms with van der Waals surface area (Å²) >= 11 is 0. The monoisotopic (exact) mass is 355 g/mol. The first-order chi connectivity index (χ1) is 10.6. The zero-order valence-corrected chi connectivity index (χ0v) is 12.1. The first-order valence-electron chi connectivity index (χ1n) is 6.08. The first-order valence-corrected chi connectivity index (χ1v) is 7.57. The number of hydrogen-bond donors (Lipinski definition) is 1. The molecule has 2 aromatic rings. The highest BCUT2D eigenvalue weighted by Crippen LogP contribution is 2.31. The van der Waals surface area contributed by atoms with Crippen molar-refractivity contribution in [2.75, 3.05) is 4.72 Å². The van der Waals surface area contributed by atoms with Crippen LogP contribution in [0.1, 0.15) is 5.56 Å². The molecule has 0 amide bonds. The van der Waals surface area contributed by atoms with Gasteiger partial charge in [0, 0.05) is 11.9 Å². The van der Waals surface area contributed by atoms with Crippen LogP contribution in [-0.2, 0) is 22.7 Å². The van der Waals surface area contributed by atoms with E-state index in [-0.39, 0.29) is 5.69 Å². The Labute approximate surface area is 127 Å². The second-order valence-corrected chi connectivity index (χ2v) is 6.16. The zero-order valence-electron chi connectivity index (χ0n) is 11.3. The molecule has 23 heavy (non-hydrogen) atoms. The van der Waals surface area contributed by atoms with E-state index in [4.69, 9.17) is 0 Å². The molecule has 0 aliphatic carbocycles. The van der Waals surface area contributed by atoms with E-state index in [9.17, 15) is 30.4 Å². The lowest BCUT2D eigenvalue weighted by Gasteiger charge is -2.10. The van der Waals surface area contributed by atoms with Gasteiger partial charge in [-0.05, 0) is 18.2 Å². The quantitative estimate of drug-likeness (QED) is 0.839. The number of benzene rings is 1. The van der Waals surface area contributed by atoms with Gasteiger partial charge in [-0.1, -0.05) is 6.07 Å². The van der Waals surface area contributed by atoms with Gasteiger partial charge in [0.15, 0.2) is 0 Å². The fourth-order valence-electron chi connectivity index (χ4n) is 1.70. The summed E-state index contributed by atoms with van der Waals surface area (Å²) < 4.78 is 88.9. The summed E-state index contributed by atoms with van der Waals surface area (Å²) in [7, 11) is -4.24. The van der Waals surface area contributed by atoms with Crippen LogP contribution in [0.3, 0.4) is 0 Å². The number of sulfonamides is 1. The minimum absolute atomic E-state index is 0.304. The van der Waals surface area contributed by atoms with Crippen LogP contribution in [0.15, 0.2) is 41.6 Å². The van der Waals surface area contributed by atoms with Crippen molar-refractivity contribution in [2.24, 2.45) is 0 Å². The fraction of sp³-hybridized carbons (Fsp3) is 0.250. The molecule has 0 aliphatic heterocycles. The normalized spacial score (nSPS) is 12.6. The molecule has 0 aliphatic rings. The molecule has 1 heterocycles. The summed E-state index contributed by atoms with van der Waals surface area (Å²) in [5.74, 6) is 0. The number of halogens is 5. The second-order valence-electron chi connectivity index (χ2n) is 4.47. The molecule has 0 saturated carbocycles. The van der Waals surface area contributed by atoms with E-state index in [0.29, 0.717) is 6.07 Å². The van der Waals surface area contributed by atoms with Gasteiger partial charge in [-0.3, -0.25) is 9.40 Å². The van der Waals surface area contributed by atoms with Crippen molar-refractivity contribution in [3.8, 4) is 0 Å². The summed E-state index contributed by atoms with van der Waals surface area (Å²) in [4.78, 5) is -0.435. The van der Waals surface area contributed by atoms with Crippen molar-refractivity contribution in [1.29, 1.82) is 0 Å². The van der Waals surface area contributed by atoms with Crippen LogP contribution in [0.2, 0.25) is 0 Å². The molecule has 1 aromatic carbocycles. The lowest BCUT2D eigenvalue weighted by molar-refractivity contribution is -0.137. The maximum Gasteiger partial charge on any atom is 0.416 e.